The van der Waals surface area contributed by atoms with Crippen LogP contribution in [0.1, 0.15) is 22.4 Å². The van der Waals surface area contributed by atoms with Crippen molar-refractivity contribution >= 4 is 21.8 Å². The highest BCUT2D eigenvalue weighted by Gasteiger charge is 2.26. The van der Waals surface area contributed by atoms with Gasteiger partial charge in [0.15, 0.2) is 22.3 Å². The zero-order valence-electron chi connectivity index (χ0n) is 16.8. The Balaban J connectivity index is 1.82. The second kappa shape index (κ2) is 10.5. The number of aliphatic hydroxyl groups excluding tert-OH is 1. The zero-order valence-corrected chi connectivity index (χ0v) is 18.4. The normalized spacial score (nSPS) is 11.9. The Morgan fingerprint density at radius 3 is 2.56 bits per heavy atom. The van der Waals surface area contributed by atoms with Crippen molar-refractivity contribution in [2.75, 3.05) is 26.9 Å². The van der Waals surface area contributed by atoms with Crippen molar-refractivity contribution in [1.82, 2.24) is 4.98 Å². The van der Waals surface area contributed by atoms with Crippen molar-refractivity contribution in [2.24, 2.45) is 5.73 Å². The summed E-state index contributed by atoms with van der Waals surface area (Å²) in [5.74, 6) is -3.63. The Kier molecular flexibility index (Phi) is 7.78. The molecule has 0 spiro atoms. The lowest BCUT2D eigenvalue weighted by atomic mass is 10.1. The maximum atomic E-state index is 14.5. The lowest BCUT2D eigenvalue weighted by Crippen LogP contribution is -2.18. The summed E-state index contributed by atoms with van der Waals surface area (Å²) in [4.78, 5) is 15.6. The monoisotopic (exact) mass is 512 g/mol. The van der Waals surface area contributed by atoms with Gasteiger partial charge in [0.1, 0.15) is 29.4 Å². The molecule has 8 nitrogen and oxygen atoms in total. The van der Waals surface area contributed by atoms with Gasteiger partial charge in [-0.15, -0.1) is 0 Å². The van der Waals surface area contributed by atoms with E-state index >= 15 is 0 Å². The molecule has 3 N–H and O–H groups in total. The average molecular weight is 513 g/mol. The predicted molar refractivity (Wildman–Crippen MR) is 112 cm³/mol. The highest BCUT2D eigenvalue weighted by molar-refractivity contribution is 9.10. The fourth-order valence-corrected chi connectivity index (χ4v) is 3.24. The maximum absolute atomic E-state index is 14.5. The van der Waals surface area contributed by atoms with E-state index in [4.69, 9.17) is 24.4 Å². The van der Waals surface area contributed by atoms with Crippen molar-refractivity contribution in [1.29, 1.82) is 0 Å². The van der Waals surface area contributed by atoms with E-state index in [0.29, 0.717) is 30.2 Å². The molecule has 32 heavy (non-hydrogen) atoms. The van der Waals surface area contributed by atoms with Gasteiger partial charge in [-0.1, -0.05) is 0 Å². The van der Waals surface area contributed by atoms with Crippen molar-refractivity contribution in [3.05, 3.63) is 64.2 Å². The Labute approximate surface area is 190 Å². The number of halogens is 3. The van der Waals surface area contributed by atoms with Crippen LogP contribution in [0.2, 0.25) is 0 Å². The molecule has 0 radical (unpaired) electrons. The molecule has 3 aromatic rings. The molecule has 1 amide bonds. The standard InChI is InChI=1S/C21H19BrF2N2O6/c1-29-8-9-30-12-4-2-11(3-5-12)18-19(22)32-21(26-18)15(10-27)31-14-7-6-13(23)16(17(14)24)20(25)28/h2-7,15,27H,8-10H2,1H3,(H2,25,28). The van der Waals surface area contributed by atoms with E-state index in [-0.39, 0.29) is 10.6 Å². The predicted octanol–water partition coefficient (Wildman–Crippen LogP) is 3.62. The van der Waals surface area contributed by atoms with E-state index < -0.39 is 41.6 Å². The summed E-state index contributed by atoms with van der Waals surface area (Å²) in [7, 11) is 1.58. The molecule has 170 valence electrons. The smallest absolute Gasteiger partial charge is 0.254 e. The van der Waals surface area contributed by atoms with Gasteiger partial charge >= 0.3 is 0 Å². The third kappa shape index (κ3) is 5.23. The summed E-state index contributed by atoms with van der Waals surface area (Å²) in [6, 6.07) is 8.79. The fraction of sp³-hybridized carbons (Fsp3) is 0.238. The molecule has 0 aliphatic carbocycles. The van der Waals surface area contributed by atoms with Crippen LogP contribution in [-0.2, 0) is 4.74 Å². The van der Waals surface area contributed by atoms with Gasteiger partial charge in [-0.25, -0.2) is 13.8 Å². The van der Waals surface area contributed by atoms with Crippen molar-refractivity contribution < 1.29 is 37.3 Å². The SMILES string of the molecule is COCCOc1ccc(-c2nc(C(CO)Oc3ccc(F)c(C(N)=O)c3F)oc2Br)cc1. The van der Waals surface area contributed by atoms with Gasteiger partial charge in [-0.3, -0.25) is 4.79 Å². The van der Waals surface area contributed by atoms with Crippen LogP contribution in [0.3, 0.4) is 0 Å². The topological polar surface area (TPSA) is 117 Å². The molecule has 1 heterocycles. The molecule has 0 saturated heterocycles. The second-order valence-electron chi connectivity index (χ2n) is 6.43. The van der Waals surface area contributed by atoms with Gasteiger partial charge in [-0.05, 0) is 52.3 Å². The Morgan fingerprint density at radius 2 is 1.94 bits per heavy atom. The molecule has 0 saturated carbocycles. The van der Waals surface area contributed by atoms with Gasteiger partial charge in [0.05, 0.1) is 13.2 Å². The minimum absolute atomic E-state index is 0.0702. The molecule has 1 unspecified atom stereocenters. The third-order valence-electron chi connectivity index (χ3n) is 4.30. The summed E-state index contributed by atoms with van der Waals surface area (Å²) in [6.45, 7) is 0.222. The number of ether oxygens (including phenoxy) is 3. The van der Waals surface area contributed by atoms with Crippen molar-refractivity contribution in [2.45, 2.75) is 6.10 Å². The lowest BCUT2D eigenvalue weighted by molar-refractivity contribution is 0.0880. The molecule has 0 aliphatic heterocycles. The molecule has 2 aromatic carbocycles. The summed E-state index contributed by atoms with van der Waals surface area (Å²) in [5, 5.41) is 9.72. The van der Waals surface area contributed by atoms with E-state index in [0.717, 1.165) is 12.1 Å². The number of rotatable bonds is 10. The van der Waals surface area contributed by atoms with Gasteiger partial charge in [0.25, 0.3) is 5.91 Å². The van der Waals surface area contributed by atoms with Crippen LogP contribution in [0.4, 0.5) is 8.78 Å². The van der Waals surface area contributed by atoms with Crippen LogP contribution < -0.4 is 15.2 Å². The molecular weight excluding hydrogens is 494 g/mol. The second-order valence-corrected chi connectivity index (χ2v) is 7.15. The molecular formula is C21H19BrF2N2O6. The molecule has 11 heteroatoms. The van der Waals surface area contributed by atoms with E-state index in [1.165, 1.54) is 0 Å². The number of primary amides is 1. The maximum Gasteiger partial charge on any atom is 0.254 e. The van der Waals surface area contributed by atoms with Crippen molar-refractivity contribution in [3.63, 3.8) is 0 Å². The molecule has 0 aliphatic rings. The number of aliphatic hydroxyl groups is 1. The van der Waals surface area contributed by atoms with Crippen LogP contribution in [-0.4, -0.2) is 42.9 Å². The minimum Gasteiger partial charge on any atom is -0.491 e. The van der Waals surface area contributed by atoms with E-state index in [9.17, 15) is 18.7 Å². The highest BCUT2D eigenvalue weighted by atomic mass is 79.9. The molecule has 0 bridgehead atoms. The van der Waals surface area contributed by atoms with Crippen LogP contribution >= 0.6 is 15.9 Å². The summed E-state index contributed by atoms with van der Waals surface area (Å²) in [6.07, 6.45) is -1.24. The average Bonchev–Trinajstić information content (AvgIpc) is 3.15. The minimum atomic E-state index is -1.29. The number of methoxy groups -OCH3 is 1. The largest absolute Gasteiger partial charge is 0.491 e. The Hall–Kier alpha value is -3.02. The van der Waals surface area contributed by atoms with Crippen LogP contribution in [0.5, 0.6) is 11.5 Å². The number of carbonyl (C=O) groups excluding carboxylic acids is 1. The van der Waals surface area contributed by atoms with Gasteiger partial charge in [0, 0.05) is 12.7 Å². The van der Waals surface area contributed by atoms with E-state index in [1.807, 2.05) is 0 Å². The summed E-state index contributed by atoms with van der Waals surface area (Å²) < 4.78 is 49.8. The number of benzene rings is 2. The first-order valence-electron chi connectivity index (χ1n) is 9.29. The first-order valence-corrected chi connectivity index (χ1v) is 10.1. The number of hydrogen-bond acceptors (Lipinski definition) is 7. The van der Waals surface area contributed by atoms with E-state index in [2.05, 4.69) is 20.9 Å². The van der Waals surface area contributed by atoms with Gasteiger partial charge < -0.3 is 29.5 Å². The summed E-state index contributed by atoms with van der Waals surface area (Å²) in [5.41, 5.74) is 5.15. The highest BCUT2D eigenvalue weighted by Crippen LogP contribution is 2.34. The van der Waals surface area contributed by atoms with Gasteiger partial charge in [-0.2, -0.15) is 0 Å². The summed E-state index contributed by atoms with van der Waals surface area (Å²) >= 11 is 3.26. The quantitative estimate of drug-likeness (QED) is 0.398. The number of oxazole rings is 1. The number of amides is 1. The first-order chi connectivity index (χ1) is 15.3. The van der Waals surface area contributed by atoms with Crippen LogP contribution in [0, 0.1) is 11.6 Å². The number of aromatic nitrogens is 1. The Morgan fingerprint density at radius 1 is 1.22 bits per heavy atom. The lowest BCUT2D eigenvalue weighted by Gasteiger charge is -2.15. The van der Waals surface area contributed by atoms with Crippen molar-refractivity contribution in [3.8, 4) is 22.8 Å². The fourth-order valence-electron chi connectivity index (χ4n) is 2.75. The molecule has 1 aromatic heterocycles. The van der Waals surface area contributed by atoms with E-state index in [1.54, 1.807) is 31.4 Å². The first kappa shape index (κ1) is 23.6. The molecule has 0 fully saturated rings. The third-order valence-corrected chi connectivity index (χ3v) is 4.84. The van der Waals surface area contributed by atoms with Crippen LogP contribution in [0.15, 0.2) is 45.5 Å². The van der Waals surface area contributed by atoms with Gasteiger partial charge in [0.2, 0.25) is 5.89 Å². The molecule has 1 atom stereocenters. The molecule has 3 rings (SSSR count). The van der Waals surface area contributed by atoms with Crippen LogP contribution in [0.25, 0.3) is 11.3 Å². The Bertz CT molecular complexity index is 1090. The number of nitrogens with two attached hydrogens (primary N) is 1. The number of carbonyl (C=O) groups is 1. The number of hydrogen-bond donors (Lipinski definition) is 2. The number of nitrogens with zero attached hydrogens (tertiary/aromatic N) is 1. The zero-order chi connectivity index (χ0) is 23.3.